The largest absolute Gasteiger partial charge is 0.410 e. The number of thioether (sulfide) groups is 1. The lowest BCUT2D eigenvalue weighted by atomic mass is 10.2. The highest BCUT2D eigenvalue weighted by Crippen LogP contribution is 2.23. The van der Waals surface area contributed by atoms with Gasteiger partial charge in [0.25, 0.3) is 11.1 Å². The number of H-pyrrole nitrogens is 1. The second-order valence-corrected chi connectivity index (χ2v) is 7.67. The van der Waals surface area contributed by atoms with E-state index >= 15 is 0 Å². The number of carbonyl (C=O) groups excluding carboxylic acids is 1. The van der Waals surface area contributed by atoms with E-state index in [4.69, 9.17) is 4.42 Å². The molecule has 146 valence electrons. The van der Waals surface area contributed by atoms with Gasteiger partial charge in [0.15, 0.2) is 0 Å². The second kappa shape index (κ2) is 8.97. The maximum absolute atomic E-state index is 12.2. The first-order chi connectivity index (χ1) is 13.8. The number of anilines is 2. The van der Waals surface area contributed by atoms with Gasteiger partial charge in [0.1, 0.15) is 5.69 Å². The first-order valence-electron chi connectivity index (χ1n) is 9.53. The first kappa shape index (κ1) is 18.6. The van der Waals surface area contributed by atoms with Crippen molar-refractivity contribution in [3.05, 3.63) is 42.6 Å². The Kier molecular flexibility index (Phi) is 5.96. The van der Waals surface area contributed by atoms with E-state index < -0.39 is 0 Å². The van der Waals surface area contributed by atoms with Crippen LogP contribution >= 0.6 is 11.8 Å². The first-order valence-corrected chi connectivity index (χ1v) is 10.5. The molecule has 2 aromatic heterocycles. The van der Waals surface area contributed by atoms with Gasteiger partial charge in [-0.2, -0.15) is 0 Å². The summed E-state index contributed by atoms with van der Waals surface area (Å²) < 4.78 is 5.55. The molecule has 1 aromatic carbocycles. The molecule has 0 spiro atoms. The van der Waals surface area contributed by atoms with E-state index in [0.717, 1.165) is 24.5 Å². The van der Waals surface area contributed by atoms with Gasteiger partial charge in [-0.3, -0.25) is 4.79 Å². The van der Waals surface area contributed by atoms with Gasteiger partial charge in [0.05, 0.1) is 5.75 Å². The number of aromatic amines is 1. The Morgan fingerprint density at radius 3 is 2.61 bits per heavy atom. The van der Waals surface area contributed by atoms with Crippen molar-refractivity contribution in [2.24, 2.45) is 0 Å². The van der Waals surface area contributed by atoms with Crippen LogP contribution in [0, 0.1) is 0 Å². The molecule has 2 N–H and O–H groups in total. The molecule has 1 aliphatic heterocycles. The fraction of sp³-hybridized carbons (Fsp3) is 0.350. The van der Waals surface area contributed by atoms with Crippen LogP contribution < -0.4 is 10.2 Å². The van der Waals surface area contributed by atoms with Crippen LogP contribution in [-0.2, 0) is 4.79 Å². The highest BCUT2D eigenvalue weighted by atomic mass is 32.2. The zero-order valence-electron chi connectivity index (χ0n) is 15.6. The van der Waals surface area contributed by atoms with Crippen LogP contribution in [0.4, 0.5) is 11.4 Å². The number of hydrogen-bond donors (Lipinski definition) is 2. The van der Waals surface area contributed by atoms with Crippen LogP contribution in [0.5, 0.6) is 0 Å². The molecular weight excluding hydrogens is 374 g/mol. The molecule has 3 heterocycles. The van der Waals surface area contributed by atoms with E-state index in [1.807, 2.05) is 24.3 Å². The van der Waals surface area contributed by atoms with E-state index in [0.29, 0.717) is 11.1 Å². The maximum atomic E-state index is 12.2. The van der Waals surface area contributed by atoms with Crippen molar-refractivity contribution < 1.29 is 9.21 Å². The summed E-state index contributed by atoms with van der Waals surface area (Å²) in [5, 5.41) is 11.2. The van der Waals surface area contributed by atoms with Crippen LogP contribution in [0.1, 0.15) is 25.7 Å². The molecule has 1 saturated heterocycles. The lowest BCUT2D eigenvalue weighted by Crippen LogP contribution is -2.23. The van der Waals surface area contributed by atoms with Crippen molar-refractivity contribution in [3.63, 3.8) is 0 Å². The molecule has 8 heteroatoms. The molecule has 0 unspecified atom stereocenters. The molecule has 1 fully saturated rings. The summed E-state index contributed by atoms with van der Waals surface area (Å²) in [6, 6.07) is 11.8. The molecule has 3 aromatic rings. The Morgan fingerprint density at radius 1 is 1.11 bits per heavy atom. The molecule has 1 amide bonds. The number of nitrogens with one attached hydrogen (secondary N) is 2. The smallest absolute Gasteiger partial charge is 0.277 e. The van der Waals surface area contributed by atoms with Crippen molar-refractivity contribution in [1.82, 2.24) is 15.2 Å². The lowest BCUT2D eigenvalue weighted by Gasteiger charge is -2.22. The number of nitrogens with zero attached hydrogens (tertiary/aromatic N) is 3. The quantitative estimate of drug-likeness (QED) is 0.607. The third-order valence-electron chi connectivity index (χ3n) is 4.68. The number of carbonyl (C=O) groups is 1. The molecule has 0 radical (unpaired) electrons. The van der Waals surface area contributed by atoms with Crippen LogP contribution in [0.2, 0.25) is 0 Å². The van der Waals surface area contributed by atoms with E-state index in [1.165, 1.54) is 43.1 Å². The predicted octanol–water partition coefficient (Wildman–Crippen LogP) is 4.18. The van der Waals surface area contributed by atoms with Gasteiger partial charge in [-0.25, -0.2) is 0 Å². The molecule has 0 bridgehead atoms. The van der Waals surface area contributed by atoms with Crippen molar-refractivity contribution in [3.8, 4) is 11.6 Å². The standard InChI is InChI=1S/C20H23N5O2S/c26-18(14-28-20-24-23-19(27-20)17-6-5-11-21-17)22-15-7-9-16(10-8-15)25-12-3-1-2-4-13-25/h5-11,21H,1-4,12-14H2,(H,22,26). The number of benzene rings is 1. The maximum Gasteiger partial charge on any atom is 0.277 e. The topological polar surface area (TPSA) is 87.0 Å². The fourth-order valence-electron chi connectivity index (χ4n) is 3.25. The van der Waals surface area contributed by atoms with Gasteiger partial charge in [0.2, 0.25) is 5.91 Å². The zero-order valence-corrected chi connectivity index (χ0v) is 16.4. The van der Waals surface area contributed by atoms with Crippen molar-refractivity contribution in [2.75, 3.05) is 29.1 Å². The highest BCUT2D eigenvalue weighted by molar-refractivity contribution is 7.99. The minimum atomic E-state index is -0.104. The highest BCUT2D eigenvalue weighted by Gasteiger charge is 2.13. The van der Waals surface area contributed by atoms with Crippen LogP contribution in [0.25, 0.3) is 11.6 Å². The Bertz CT molecular complexity index is 884. The monoisotopic (exact) mass is 397 g/mol. The number of amides is 1. The summed E-state index contributed by atoms with van der Waals surface area (Å²) in [7, 11) is 0. The van der Waals surface area contributed by atoms with Gasteiger partial charge >= 0.3 is 0 Å². The van der Waals surface area contributed by atoms with E-state index in [-0.39, 0.29) is 11.7 Å². The molecule has 1 aliphatic rings. The van der Waals surface area contributed by atoms with Gasteiger partial charge in [0, 0.05) is 30.7 Å². The number of rotatable bonds is 6. The third-order valence-corrected chi connectivity index (χ3v) is 5.50. The number of aromatic nitrogens is 3. The van der Waals surface area contributed by atoms with Crippen LogP contribution in [0.3, 0.4) is 0 Å². The molecular formula is C20H23N5O2S. The molecule has 7 nitrogen and oxygen atoms in total. The molecule has 28 heavy (non-hydrogen) atoms. The number of hydrogen-bond acceptors (Lipinski definition) is 6. The average molecular weight is 398 g/mol. The third kappa shape index (κ3) is 4.75. The van der Waals surface area contributed by atoms with Crippen molar-refractivity contribution >= 4 is 29.0 Å². The normalized spacial score (nSPS) is 14.6. The van der Waals surface area contributed by atoms with Gasteiger partial charge in [-0.15, -0.1) is 10.2 Å². The SMILES string of the molecule is O=C(CSc1nnc(-c2ccc[nH]2)o1)Nc1ccc(N2CCCCCC2)cc1. The minimum Gasteiger partial charge on any atom is -0.410 e. The Balaban J connectivity index is 1.28. The van der Waals surface area contributed by atoms with Gasteiger partial charge in [-0.1, -0.05) is 24.6 Å². The summed E-state index contributed by atoms with van der Waals surface area (Å²) in [4.78, 5) is 17.6. The van der Waals surface area contributed by atoms with Crippen LogP contribution in [-0.4, -0.2) is 39.9 Å². The second-order valence-electron chi connectivity index (χ2n) is 6.74. The summed E-state index contributed by atoms with van der Waals surface area (Å²) in [5.41, 5.74) is 2.77. The summed E-state index contributed by atoms with van der Waals surface area (Å²) in [6.07, 6.45) is 6.91. The zero-order chi connectivity index (χ0) is 19.2. The summed E-state index contributed by atoms with van der Waals surface area (Å²) in [6.45, 7) is 2.22. The fourth-order valence-corrected chi connectivity index (χ4v) is 3.81. The summed E-state index contributed by atoms with van der Waals surface area (Å²) in [5.74, 6) is 0.518. The van der Waals surface area contributed by atoms with Crippen LogP contribution in [0.15, 0.2) is 52.2 Å². The minimum absolute atomic E-state index is 0.104. The average Bonchev–Trinajstić information content (AvgIpc) is 3.34. The lowest BCUT2D eigenvalue weighted by molar-refractivity contribution is -0.113. The van der Waals surface area contributed by atoms with Crippen molar-refractivity contribution in [1.29, 1.82) is 0 Å². The Hall–Kier alpha value is -2.74. The molecule has 0 atom stereocenters. The molecule has 4 rings (SSSR count). The predicted molar refractivity (Wildman–Crippen MR) is 111 cm³/mol. The van der Waals surface area contributed by atoms with Gasteiger partial charge in [-0.05, 0) is 49.2 Å². The summed E-state index contributed by atoms with van der Waals surface area (Å²) >= 11 is 1.22. The Labute approximate surface area is 167 Å². The van der Waals surface area contributed by atoms with E-state index in [2.05, 4.69) is 37.5 Å². The molecule has 0 saturated carbocycles. The Morgan fingerprint density at radius 2 is 1.89 bits per heavy atom. The van der Waals surface area contributed by atoms with Gasteiger partial charge < -0.3 is 19.6 Å². The van der Waals surface area contributed by atoms with Crippen molar-refractivity contribution in [2.45, 2.75) is 30.9 Å². The molecule has 0 aliphatic carbocycles. The van der Waals surface area contributed by atoms with E-state index in [9.17, 15) is 4.79 Å². The van der Waals surface area contributed by atoms with E-state index in [1.54, 1.807) is 6.20 Å².